The molecule has 3 rings (SSSR count). The van der Waals surface area contributed by atoms with Crippen LogP contribution in [0.1, 0.15) is 37.4 Å². The maximum atomic E-state index is 10.9. The van der Waals surface area contributed by atoms with Gasteiger partial charge in [-0.25, -0.2) is 9.97 Å². The zero-order valence-electron chi connectivity index (χ0n) is 15.8. The van der Waals surface area contributed by atoms with Crippen LogP contribution >= 0.6 is 0 Å². The molecule has 0 aliphatic heterocycles. The highest BCUT2D eigenvalue weighted by Gasteiger charge is 2.08. The van der Waals surface area contributed by atoms with Crippen LogP contribution in [-0.2, 0) is 11.3 Å². The molecule has 3 aromatic rings. The van der Waals surface area contributed by atoms with E-state index in [-0.39, 0.29) is 12.3 Å². The third kappa shape index (κ3) is 4.91. The van der Waals surface area contributed by atoms with Crippen molar-refractivity contribution in [3.8, 4) is 11.1 Å². The van der Waals surface area contributed by atoms with Gasteiger partial charge in [0.1, 0.15) is 0 Å². The van der Waals surface area contributed by atoms with Crippen molar-refractivity contribution in [2.24, 2.45) is 5.73 Å². The molecule has 0 unspecified atom stereocenters. The number of hydrogen-bond acceptors (Lipinski definition) is 5. The standard InChI is InChI=1S/C20H24N6O/c1-13(2)18-4-6-22-20(25-18)24-17-9-14(3)8-15(10-17)16-11-23-26(12-16)7-5-19(21)27/h4,6,8-13H,5,7H2,1-3H3,(H2,21,27)(H,22,24,25). The molecule has 0 bridgehead atoms. The number of nitrogens with two attached hydrogens (primary N) is 1. The molecule has 2 aromatic heterocycles. The molecule has 0 aliphatic rings. The van der Waals surface area contributed by atoms with E-state index in [0.29, 0.717) is 18.4 Å². The summed E-state index contributed by atoms with van der Waals surface area (Å²) in [5, 5.41) is 7.59. The lowest BCUT2D eigenvalue weighted by atomic mass is 10.1. The lowest BCUT2D eigenvalue weighted by molar-refractivity contribution is -0.118. The third-order valence-corrected chi connectivity index (χ3v) is 4.16. The number of nitrogens with zero attached hydrogens (tertiary/aromatic N) is 4. The molecule has 140 valence electrons. The van der Waals surface area contributed by atoms with Crippen LogP contribution in [-0.4, -0.2) is 25.7 Å². The van der Waals surface area contributed by atoms with Crippen LogP contribution < -0.4 is 11.1 Å². The van der Waals surface area contributed by atoms with E-state index in [1.165, 1.54) is 0 Å². The predicted octanol–water partition coefficient (Wildman–Crippen LogP) is 3.39. The maximum absolute atomic E-state index is 10.9. The van der Waals surface area contributed by atoms with E-state index in [1.54, 1.807) is 17.1 Å². The summed E-state index contributed by atoms with van der Waals surface area (Å²) in [6.45, 7) is 6.72. The first kappa shape index (κ1) is 18.6. The van der Waals surface area contributed by atoms with Crippen LogP contribution in [0.25, 0.3) is 11.1 Å². The van der Waals surface area contributed by atoms with Gasteiger partial charge >= 0.3 is 0 Å². The monoisotopic (exact) mass is 364 g/mol. The van der Waals surface area contributed by atoms with Crippen molar-refractivity contribution in [1.82, 2.24) is 19.7 Å². The van der Waals surface area contributed by atoms with Crippen molar-refractivity contribution in [3.05, 3.63) is 54.1 Å². The van der Waals surface area contributed by atoms with Gasteiger partial charge in [0, 0.05) is 42.3 Å². The Morgan fingerprint density at radius 1 is 1.26 bits per heavy atom. The quantitative estimate of drug-likeness (QED) is 0.669. The first-order valence-corrected chi connectivity index (χ1v) is 8.93. The van der Waals surface area contributed by atoms with E-state index in [1.807, 2.05) is 31.3 Å². The van der Waals surface area contributed by atoms with Gasteiger partial charge in [0.25, 0.3) is 0 Å². The highest BCUT2D eigenvalue weighted by molar-refractivity contribution is 5.73. The Bertz CT molecular complexity index is 947. The molecule has 7 nitrogen and oxygen atoms in total. The fraction of sp³-hybridized carbons (Fsp3) is 0.300. The highest BCUT2D eigenvalue weighted by atomic mass is 16.1. The smallest absolute Gasteiger partial charge is 0.227 e. The average Bonchev–Trinajstić information content (AvgIpc) is 3.09. The minimum Gasteiger partial charge on any atom is -0.370 e. The SMILES string of the molecule is Cc1cc(Nc2nccc(C(C)C)n2)cc(-c2cnn(CCC(N)=O)c2)c1. The second-order valence-electron chi connectivity index (χ2n) is 6.88. The van der Waals surface area contributed by atoms with E-state index >= 15 is 0 Å². The third-order valence-electron chi connectivity index (χ3n) is 4.16. The molecule has 3 N–H and O–H groups in total. The normalized spacial score (nSPS) is 11.0. The van der Waals surface area contributed by atoms with Crippen LogP contribution in [0.3, 0.4) is 0 Å². The Labute approximate surface area is 158 Å². The van der Waals surface area contributed by atoms with Gasteiger partial charge in [-0.2, -0.15) is 5.10 Å². The van der Waals surface area contributed by atoms with E-state index in [9.17, 15) is 4.79 Å². The van der Waals surface area contributed by atoms with Gasteiger partial charge in [0.05, 0.1) is 6.20 Å². The Balaban J connectivity index is 1.82. The second kappa shape index (κ2) is 7.99. The Kier molecular flexibility index (Phi) is 5.49. The van der Waals surface area contributed by atoms with Crippen LogP contribution in [0.2, 0.25) is 0 Å². The van der Waals surface area contributed by atoms with E-state index in [0.717, 1.165) is 28.1 Å². The van der Waals surface area contributed by atoms with Crippen molar-refractivity contribution in [2.45, 2.75) is 39.7 Å². The number of amides is 1. The lowest BCUT2D eigenvalue weighted by Gasteiger charge is -2.10. The maximum Gasteiger partial charge on any atom is 0.227 e. The van der Waals surface area contributed by atoms with Gasteiger partial charge in [-0.15, -0.1) is 0 Å². The summed E-state index contributed by atoms with van der Waals surface area (Å²) in [6.07, 6.45) is 5.74. The molecule has 0 radical (unpaired) electrons. The molecule has 27 heavy (non-hydrogen) atoms. The summed E-state index contributed by atoms with van der Waals surface area (Å²) in [7, 11) is 0. The number of hydrogen-bond donors (Lipinski definition) is 2. The van der Waals surface area contributed by atoms with Crippen molar-refractivity contribution in [2.75, 3.05) is 5.32 Å². The van der Waals surface area contributed by atoms with Crippen molar-refractivity contribution >= 4 is 17.5 Å². The summed E-state index contributed by atoms with van der Waals surface area (Å²) >= 11 is 0. The number of rotatable bonds is 7. The summed E-state index contributed by atoms with van der Waals surface area (Å²) < 4.78 is 1.73. The number of carbonyl (C=O) groups is 1. The van der Waals surface area contributed by atoms with Gasteiger partial charge in [-0.05, 0) is 42.2 Å². The molecule has 0 aliphatic carbocycles. The Morgan fingerprint density at radius 2 is 2.07 bits per heavy atom. The molecule has 1 amide bonds. The molecule has 0 spiro atoms. The molecular weight excluding hydrogens is 340 g/mol. The lowest BCUT2D eigenvalue weighted by Crippen LogP contribution is -2.13. The van der Waals surface area contributed by atoms with Gasteiger partial charge in [-0.3, -0.25) is 9.48 Å². The Morgan fingerprint density at radius 3 is 2.81 bits per heavy atom. The predicted molar refractivity (Wildman–Crippen MR) is 106 cm³/mol. The molecule has 0 saturated carbocycles. The molecule has 0 saturated heterocycles. The van der Waals surface area contributed by atoms with Gasteiger partial charge in [0.15, 0.2) is 0 Å². The molecule has 0 fully saturated rings. The van der Waals surface area contributed by atoms with Crippen LogP contribution in [0, 0.1) is 6.92 Å². The van der Waals surface area contributed by atoms with E-state index in [2.05, 4.69) is 40.3 Å². The number of aryl methyl sites for hydroxylation is 2. The average molecular weight is 364 g/mol. The van der Waals surface area contributed by atoms with E-state index in [4.69, 9.17) is 5.73 Å². The summed E-state index contributed by atoms with van der Waals surface area (Å²) in [4.78, 5) is 19.8. The molecule has 7 heteroatoms. The van der Waals surface area contributed by atoms with Crippen molar-refractivity contribution < 1.29 is 4.79 Å². The zero-order chi connectivity index (χ0) is 19.4. The van der Waals surface area contributed by atoms with Crippen LogP contribution in [0.5, 0.6) is 0 Å². The molecular formula is C20H24N6O. The van der Waals surface area contributed by atoms with Crippen molar-refractivity contribution in [1.29, 1.82) is 0 Å². The van der Waals surface area contributed by atoms with Gasteiger partial charge < -0.3 is 11.1 Å². The van der Waals surface area contributed by atoms with Gasteiger partial charge in [-0.1, -0.05) is 19.9 Å². The number of anilines is 2. The zero-order valence-corrected chi connectivity index (χ0v) is 15.8. The molecule has 1 aromatic carbocycles. The van der Waals surface area contributed by atoms with Crippen LogP contribution in [0.4, 0.5) is 11.6 Å². The van der Waals surface area contributed by atoms with Crippen LogP contribution in [0.15, 0.2) is 42.9 Å². The highest BCUT2D eigenvalue weighted by Crippen LogP contribution is 2.26. The number of carbonyl (C=O) groups excluding carboxylic acids is 1. The number of nitrogens with one attached hydrogen (secondary N) is 1. The van der Waals surface area contributed by atoms with E-state index < -0.39 is 0 Å². The van der Waals surface area contributed by atoms with Crippen molar-refractivity contribution in [3.63, 3.8) is 0 Å². The summed E-state index contributed by atoms with van der Waals surface area (Å²) in [5.41, 5.74) is 10.2. The fourth-order valence-electron chi connectivity index (χ4n) is 2.77. The minimum absolute atomic E-state index is 0.269. The molecule has 0 atom stereocenters. The first-order valence-electron chi connectivity index (χ1n) is 8.93. The summed E-state index contributed by atoms with van der Waals surface area (Å²) in [6, 6.07) is 8.10. The number of benzene rings is 1. The largest absolute Gasteiger partial charge is 0.370 e. The number of aromatic nitrogens is 4. The fourth-order valence-corrected chi connectivity index (χ4v) is 2.77. The van der Waals surface area contributed by atoms with Gasteiger partial charge in [0.2, 0.25) is 11.9 Å². The minimum atomic E-state index is -0.335. The topological polar surface area (TPSA) is 98.7 Å². The second-order valence-corrected chi connectivity index (χ2v) is 6.88. The Hall–Kier alpha value is -3.22. The first-order chi connectivity index (χ1) is 12.9. The summed E-state index contributed by atoms with van der Waals surface area (Å²) in [5.74, 6) is 0.584. The molecule has 2 heterocycles. The number of primary amides is 1.